The highest BCUT2D eigenvalue weighted by Gasteiger charge is 2.18. The van der Waals surface area contributed by atoms with Gasteiger partial charge in [0, 0.05) is 29.2 Å². The number of urea groups is 1. The van der Waals surface area contributed by atoms with Crippen molar-refractivity contribution in [2.75, 3.05) is 39.2 Å². The van der Waals surface area contributed by atoms with E-state index in [1.54, 1.807) is 26.4 Å². The topological polar surface area (TPSA) is 62.8 Å². The van der Waals surface area contributed by atoms with Gasteiger partial charge < -0.3 is 20.1 Å². The van der Waals surface area contributed by atoms with Crippen LogP contribution in [0, 0.1) is 5.92 Å². The molecule has 1 aromatic carbocycles. The number of likely N-dealkylation sites (N-methyl/N-ethyl adjacent to an activating group) is 1. The molecule has 1 aromatic rings. The van der Waals surface area contributed by atoms with E-state index in [0.717, 1.165) is 24.0 Å². The summed E-state index contributed by atoms with van der Waals surface area (Å²) in [5.41, 5.74) is 0.628. The van der Waals surface area contributed by atoms with Gasteiger partial charge in [-0.3, -0.25) is 4.90 Å². The first-order chi connectivity index (χ1) is 12.4. The minimum absolute atomic E-state index is 0.237. The summed E-state index contributed by atoms with van der Waals surface area (Å²) in [7, 11) is 3.14. The van der Waals surface area contributed by atoms with Crippen LogP contribution in [0.2, 0.25) is 0 Å². The monoisotopic (exact) mass is 429 g/mol. The van der Waals surface area contributed by atoms with Crippen LogP contribution >= 0.6 is 15.9 Å². The fourth-order valence-electron chi connectivity index (χ4n) is 2.97. The van der Waals surface area contributed by atoms with Gasteiger partial charge in [-0.15, -0.1) is 0 Å². The number of hydrogen-bond donors (Lipinski definition) is 2. The fourth-order valence-corrected chi connectivity index (χ4v) is 3.39. The van der Waals surface area contributed by atoms with Crippen LogP contribution in [0.25, 0.3) is 0 Å². The van der Waals surface area contributed by atoms with Gasteiger partial charge >= 0.3 is 6.03 Å². The van der Waals surface area contributed by atoms with E-state index in [1.165, 1.54) is 0 Å². The molecule has 1 rings (SSSR count). The molecule has 0 saturated carbocycles. The summed E-state index contributed by atoms with van der Waals surface area (Å²) >= 11 is 3.45. The van der Waals surface area contributed by atoms with Gasteiger partial charge in [-0.05, 0) is 41.4 Å². The van der Waals surface area contributed by atoms with Crippen molar-refractivity contribution in [2.24, 2.45) is 5.92 Å². The van der Waals surface area contributed by atoms with Crippen molar-refractivity contribution in [2.45, 2.75) is 40.2 Å². The Morgan fingerprint density at radius 3 is 2.23 bits per heavy atom. The van der Waals surface area contributed by atoms with E-state index in [9.17, 15) is 4.79 Å². The lowest BCUT2D eigenvalue weighted by Crippen LogP contribution is -2.45. The van der Waals surface area contributed by atoms with Gasteiger partial charge in [-0.2, -0.15) is 0 Å². The second kappa shape index (κ2) is 11.3. The van der Waals surface area contributed by atoms with Gasteiger partial charge in [0.05, 0.1) is 19.9 Å². The highest BCUT2D eigenvalue weighted by atomic mass is 79.9. The van der Waals surface area contributed by atoms with Crippen molar-refractivity contribution in [3.63, 3.8) is 0 Å². The maximum Gasteiger partial charge on any atom is 0.319 e. The third-order valence-corrected chi connectivity index (χ3v) is 4.95. The Morgan fingerprint density at radius 2 is 1.73 bits per heavy atom. The lowest BCUT2D eigenvalue weighted by Gasteiger charge is -2.31. The van der Waals surface area contributed by atoms with E-state index in [4.69, 9.17) is 9.47 Å². The Bertz CT molecular complexity index is 577. The minimum atomic E-state index is -0.237. The summed E-state index contributed by atoms with van der Waals surface area (Å²) in [4.78, 5) is 14.8. The number of carbonyl (C=O) groups excluding carboxylic acids is 1. The number of ether oxygens (including phenoxy) is 2. The molecule has 0 saturated heterocycles. The van der Waals surface area contributed by atoms with Gasteiger partial charge in [-0.25, -0.2) is 4.79 Å². The molecule has 0 aliphatic heterocycles. The van der Waals surface area contributed by atoms with Crippen LogP contribution in [-0.4, -0.2) is 50.8 Å². The molecule has 0 aliphatic rings. The smallest absolute Gasteiger partial charge is 0.319 e. The molecule has 148 valence electrons. The number of methoxy groups -OCH3 is 2. The number of hydrogen-bond acceptors (Lipinski definition) is 4. The summed E-state index contributed by atoms with van der Waals surface area (Å²) in [5, 5.41) is 5.86. The molecule has 2 amide bonds. The van der Waals surface area contributed by atoms with Gasteiger partial charge in [0.2, 0.25) is 0 Å². The molecular formula is C19H32BrN3O3. The minimum Gasteiger partial charge on any atom is -0.493 e. The molecule has 7 heteroatoms. The number of carbonyl (C=O) groups is 1. The van der Waals surface area contributed by atoms with E-state index in [2.05, 4.69) is 59.2 Å². The van der Waals surface area contributed by atoms with Crippen molar-refractivity contribution in [1.82, 2.24) is 10.2 Å². The maximum absolute atomic E-state index is 12.4. The van der Waals surface area contributed by atoms with Crippen molar-refractivity contribution in [3.05, 3.63) is 16.6 Å². The zero-order valence-electron chi connectivity index (χ0n) is 16.7. The van der Waals surface area contributed by atoms with Gasteiger partial charge in [0.1, 0.15) is 0 Å². The number of halogens is 1. The van der Waals surface area contributed by atoms with Crippen molar-refractivity contribution < 1.29 is 14.3 Å². The molecule has 0 aliphatic carbocycles. The molecule has 1 atom stereocenters. The summed E-state index contributed by atoms with van der Waals surface area (Å²) < 4.78 is 11.3. The third kappa shape index (κ3) is 6.68. The first-order valence-electron chi connectivity index (χ1n) is 9.06. The highest BCUT2D eigenvalue weighted by molar-refractivity contribution is 9.10. The lowest BCUT2D eigenvalue weighted by molar-refractivity contribution is 0.186. The number of benzene rings is 1. The van der Waals surface area contributed by atoms with E-state index in [0.29, 0.717) is 35.7 Å². The number of anilines is 1. The highest BCUT2D eigenvalue weighted by Crippen LogP contribution is 2.36. The SMILES string of the molecule is CCN(CC)[C@@H](CNC(=O)Nc1cc(OC)c(OC)cc1Br)CC(C)C. The lowest BCUT2D eigenvalue weighted by atomic mass is 10.0. The van der Waals surface area contributed by atoms with Crippen LogP contribution in [0.15, 0.2) is 16.6 Å². The maximum atomic E-state index is 12.4. The van der Waals surface area contributed by atoms with Crippen LogP contribution in [0.5, 0.6) is 11.5 Å². The Labute approximate surface area is 165 Å². The average Bonchev–Trinajstić information content (AvgIpc) is 2.61. The van der Waals surface area contributed by atoms with E-state index in [-0.39, 0.29) is 6.03 Å². The fraction of sp³-hybridized carbons (Fsp3) is 0.632. The molecule has 6 nitrogen and oxygen atoms in total. The second-order valence-electron chi connectivity index (χ2n) is 6.53. The summed E-state index contributed by atoms with van der Waals surface area (Å²) in [6.07, 6.45) is 1.04. The summed E-state index contributed by atoms with van der Waals surface area (Å²) in [6.45, 7) is 11.3. The third-order valence-electron chi connectivity index (χ3n) is 4.29. The molecule has 0 heterocycles. The zero-order chi connectivity index (χ0) is 19.7. The number of nitrogens with one attached hydrogen (secondary N) is 2. The summed E-state index contributed by atoms with van der Waals surface area (Å²) in [5.74, 6) is 1.74. The first-order valence-corrected chi connectivity index (χ1v) is 9.85. The van der Waals surface area contributed by atoms with Crippen LogP contribution < -0.4 is 20.1 Å². The Hall–Kier alpha value is -1.47. The van der Waals surface area contributed by atoms with Crippen LogP contribution in [0.1, 0.15) is 34.1 Å². The molecule has 26 heavy (non-hydrogen) atoms. The molecule has 0 fully saturated rings. The van der Waals surface area contributed by atoms with Crippen molar-refractivity contribution >= 4 is 27.6 Å². The van der Waals surface area contributed by atoms with Gasteiger partial charge in [0.25, 0.3) is 0 Å². The van der Waals surface area contributed by atoms with Crippen LogP contribution in [0.3, 0.4) is 0 Å². The largest absolute Gasteiger partial charge is 0.493 e. The van der Waals surface area contributed by atoms with Crippen molar-refractivity contribution in [1.29, 1.82) is 0 Å². The molecule has 0 radical (unpaired) electrons. The Kier molecular flexibility index (Phi) is 9.80. The van der Waals surface area contributed by atoms with Crippen molar-refractivity contribution in [3.8, 4) is 11.5 Å². The van der Waals surface area contributed by atoms with Gasteiger partial charge in [-0.1, -0.05) is 27.7 Å². The number of amides is 2. The second-order valence-corrected chi connectivity index (χ2v) is 7.38. The average molecular weight is 430 g/mol. The molecular weight excluding hydrogens is 398 g/mol. The predicted octanol–water partition coefficient (Wildman–Crippen LogP) is 4.34. The number of rotatable bonds is 10. The van der Waals surface area contributed by atoms with Gasteiger partial charge in [0.15, 0.2) is 11.5 Å². The van der Waals surface area contributed by atoms with E-state index >= 15 is 0 Å². The molecule has 0 bridgehead atoms. The summed E-state index contributed by atoms with van der Waals surface area (Å²) in [6, 6.07) is 3.59. The predicted molar refractivity (Wildman–Crippen MR) is 110 cm³/mol. The Balaban J connectivity index is 2.75. The zero-order valence-corrected chi connectivity index (χ0v) is 18.3. The van der Waals surface area contributed by atoms with E-state index < -0.39 is 0 Å². The molecule has 2 N–H and O–H groups in total. The number of nitrogens with zero attached hydrogens (tertiary/aromatic N) is 1. The first kappa shape index (κ1) is 22.6. The molecule has 0 unspecified atom stereocenters. The standard InChI is InChI=1S/C19H32BrN3O3/c1-7-23(8-2)14(9-13(3)4)12-21-19(24)22-16-11-18(26-6)17(25-5)10-15(16)20/h10-11,13-14H,7-9,12H2,1-6H3,(H2,21,22,24)/t14-/m1/s1. The van der Waals surface area contributed by atoms with Crippen LogP contribution in [-0.2, 0) is 0 Å². The van der Waals surface area contributed by atoms with Crippen LogP contribution in [0.4, 0.5) is 10.5 Å². The molecule has 0 aromatic heterocycles. The normalized spacial score (nSPS) is 12.2. The molecule has 0 spiro atoms. The van der Waals surface area contributed by atoms with E-state index in [1.807, 2.05) is 0 Å². The Morgan fingerprint density at radius 1 is 1.15 bits per heavy atom. The quantitative estimate of drug-likeness (QED) is 0.580.